The molecule has 0 aliphatic rings. The predicted octanol–water partition coefficient (Wildman–Crippen LogP) is 3.56. The van der Waals surface area contributed by atoms with Crippen molar-refractivity contribution in [1.29, 1.82) is 0 Å². The van der Waals surface area contributed by atoms with Gasteiger partial charge in [-0.05, 0) is 24.6 Å². The summed E-state index contributed by atoms with van der Waals surface area (Å²) < 4.78 is 31.8. The first-order valence-electron chi connectivity index (χ1n) is 6.09. The fourth-order valence-electron chi connectivity index (χ4n) is 1.78. The third kappa shape index (κ3) is 3.46. The number of aryl methyl sites for hydroxylation is 1. The van der Waals surface area contributed by atoms with E-state index >= 15 is 0 Å². The highest BCUT2D eigenvalue weighted by atomic mass is 32.2. The Bertz CT molecular complexity index is 824. The number of hydrogen-bond donors (Lipinski definition) is 2. The number of carbonyl (C=O) groups is 1. The topological polar surface area (TPSA) is 92.7 Å². The molecule has 0 bridgehead atoms. The molecule has 2 aromatic rings. The first-order valence-corrected chi connectivity index (χ1v) is 8.39. The molecule has 0 aliphatic carbocycles. The largest absolute Gasteiger partial charge is 0.512 e. The second-order valence-electron chi connectivity index (χ2n) is 4.29. The van der Waals surface area contributed by atoms with Crippen LogP contribution in [0.25, 0.3) is 6.08 Å². The molecule has 116 valence electrons. The van der Waals surface area contributed by atoms with Gasteiger partial charge in [0.25, 0.3) is 10.0 Å². The highest BCUT2D eigenvalue weighted by molar-refractivity contribution is 7.92. The van der Waals surface area contributed by atoms with Gasteiger partial charge in [0.1, 0.15) is 5.69 Å². The number of nitrogens with one attached hydrogen (secondary N) is 1. The average Bonchev–Trinajstić information content (AvgIpc) is 2.79. The minimum absolute atomic E-state index is 0.0560. The molecule has 0 amide bonds. The van der Waals surface area contributed by atoms with Gasteiger partial charge in [0.05, 0.1) is 4.90 Å². The van der Waals surface area contributed by atoms with Gasteiger partial charge in [-0.2, -0.15) is 0 Å². The van der Waals surface area contributed by atoms with E-state index in [-0.39, 0.29) is 15.6 Å². The van der Waals surface area contributed by atoms with E-state index < -0.39 is 16.2 Å². The minimum atomic E-state index is -3.85. The summed E-state index contributed by atoms with van der Waals surface area (Å²) >= 11 is 0.980. The summed E-state index contributed by atoms with van der Waals surface area (Å²) in [4.78, 5) is 11.4. The lowest BCUT2D eigenvalue weighted by molar-refractivity contribution is 0.146. The Balaban J connectivity index is 2.41. The standard InChI is InChI=1S/C14H13NO5S2/c1-3-10-8-11(13(21-10)20-14(16)17)15-22(18,19)12-7-5-4-6-9(12)2/h3-8,15H,1H2,2H3,(H,16,17). The first kappa shape index (κ1) is 16.1. The van der Waals surface area contributed by atoms with Gasteiger partial charge in [0.2, 0.25) is 5.06 Å². The fourth-order valence-corrected chi connectivity index (χ4v) is 3.95. The molecular formula is C14H13NO5S2. The van der Waals surface area contributed by atoms with Crippen molar-refractivity contribution in [1.82, 2.24) is 0 Å². The smallest absolute Gasteiger partial charge is 0.449 e. The Morgan fingerprint density at radius 1 is 1.41 bits per heavy atom. The molecule has 0 saturated carbocycles. The van der Waals surface area contributed by atoms with E-state index in [0.717, 1.165) is 11.3 Å². The summed E-state index contributed by atoms with van der Waals surface area (Å²) in [6.45, 7) is 5.24. The Morgan fingerprint density at radius 2 is 2.09 bits per heavy atom. The van der Waals surface area contributed by atoms with E-state index in [0.29, 0.717) is 10.4 Å². The number of hydrogen-bond acceptors (Lipinski definition) is 5. The molecule has 1 heterocycles. The first-order chi connectivity index (χ1) is 10.3. The highest BCUT2D eigenvalue weighted by Crippen LogP contribution is 2.37. The van der Waals surface area contributed by atoms with Crippen molar-refractivity contribution in [2.24, 2.45) is 0 Å². The van der Waals surface area contributed by atoms with Crippen LogP contribution in [0.3, 0.4) is 0 Å². The summed E-state index contributed by atoms with van der Waals surface area (Å²) in [6, 6.07) is 7.95. The quantitative estimate of drug-likeness (QED) is 0.813. The molecule has 0 aliphatic heterocycles. The van der Waals surface area contributed by atoms with Crippen molar-refractivity contribution in [3.63, 3.8) is 0 Å². The van der Waals surface area contributed by atoms with Crippen LogP contribution >= 0.6 is 11.3 Å². The molecule has 0 saturated heterocycles. The number of ether oxygens (including phenoxy) is 1. The molecule has 0 unspecified atom stereocenters. The third-order valence-corrected chi connectivity index (χ3v) is 5.26. The SMILES string of the molecule is C=Cc1cc(NS(=O)(=O)c2ccccc2C)c(OC(=O)O)s1. The van der Waals surface area contributed by atoms with Crippen LogP contribution in [0.4, 0.5) is 10.5 Å². The van der Waals surface area contributed by atoms with Crippen molar-refractivity contribution in [2.75, 3.05) is 4.72 Å². The Labute approximate surface area is 131 Å². The lowest BCUT2D eigenvalue weighted by Gasteiger charge is -2.10. The second kappa shape index (κ2) is 6.20. The van der Waals surface area contributed by atoms with E-state index in [2.05, 4.69) is 16.0 Å². The van der Waals surface area contributed by atoms with E-state index in [1.807, 2.05) is 0 Å². The number of sulfonamides is 1. The summed E-state index contributed by atoms with van der Waals surface area (Å²) in [6.07, 6.45) is -0.0425. The summed E-state index contributed by atoms with van der Waals surface area (Å²) in [5.41, 5.74) is 0.639. The number of rotatable bonds is 5. The van der Waals surface area contributed by atoms with E-state index in [9.17, 15) is 13.2 Å². The van der Waals surface area contributed by atoms with E-state index in [1.54, 1.807) is 25.1 Å². The maximum absolute atomic E-state index is 12.4. The van der Waals surface area contributed by atoms with Gasteiger partial charge in [-0.15, -0.1) is 0 Å². The van der Waals surface area contributed by atoms with E-state index in [1.165, 1.54) is 18.2 Å². The van der Waals surface area contributed by atoms with Crippen LogP contribution in [-0.2, 0) is 10.0 Å². The van der Waals surface area contributed by atoms with Crippen LogP contribution in [0.1, 0.15) is 10.4 Å². The molecule has 1 aromatic heterocycles. The monoisotopic (exact) mass is 339 g/mol. The van der Waals surface area contributed by atoms with Crippen LogP contribution in [0, 0.1) is 6.92 Å². The molecule has 22 heavy (non-hydrogen) atoms. The molecule has 0 atom stereocenters. The van der Waals surface area contributed by atoms with Gasteiger partial charge >= 0.3 is 6.16 Å². The normalized spacial score (nSPS) is 11.0. The van der Waals surface area contributed by atoms with Gasteiger partial charge in [-0.25, -0.2) is 13.2 Å². The zero-order valence-corrected chi connectivity index (χ0v) is 13.2. The lowest BCUT2D eigenvalue weighted by Crippen LogP contribution is -2.15. The van der Waals surface area contributed by atoms with Crippen molar-refractivity contribution in [2.45, 2.75) is 11.8 Å². The van der Waals surface area contributed by atoms with Crippen molar-refractivity contribution in [3.05, 3.63) is 47.4 Å². The van der Waals surface area contributed by atoms with Crippen LogP contribution in [0.15, 0.2) is 41.8 Å². The zero-order valence-electron chi connectivity index (χ0n) is 11.6. The van der Waals surface area contributed by atoms with Gasteiger partial charge in [-0.1, -0.05) is 42.2 Å². The predicted molar refractivity (Wildman–Crippen MR) is 85.1 cm³/mol. The van der Waals surface area contributed by atoms with Gasteiger partial charge in [0.15, 0.2) is 0 Å². The molecule has 2 N–H and O–H groups in total. The maximum atomic E-state index is 12.4. The van der Waals surface area contributed by atoms with E-state index in [4.69, 9.17) is 5.11 Å². The molecular weight excluding hydrogens is 326 g/mol. The van der Waals surface area contributed by atoms with Crippen molar-refractivity contribution < 1.29 is 23.1 Å². The number of anilines is 1. The molecule has 0 fully saturated rings. The summed E-state index contributed by atoms with van der Waals surface area (Å²) in [7, 11) is -3.85. The third-order valence-electron chi connectivity index (χ3n) is 2.73. The minimum Gasteiger partial charge on any atom is -0.449 e. The molecule has 0 spiro atoms. The Kier molecular flexibility index (Phi) is 4.53. The Morgan fingerprint density at radius 3 is 2.68 bits per heavy atom. The average molecular weight is 339 g/mol. The maximum Gasteiger partial charge on any atom is 0.512 e. The molecule has 0 radical (unpaired) electrons. The van der Waals surface area contributed by atoms with Crippen LogP contribution in [0.2, 0.25) is 0 Å². The molecule has 2 rings (SSSR count). The van der Waals surface area contributed by atoms with Crippen LogP contribution in [-0.4, -0.2) is 19.7 Å². The molecule has 8 heteroatoms. The zero-order chi connectivity index (χ0) is 16.3. The van der Waals surface area contributed by atoms with Crippen molar-refractivity contribution in [3.8, 4) is 5.06 Å². The van der Waals surface area contributed by atoms with Gasteiger partial charge in [0, 0.05) is 4.88 Å². The number of thiophene rings is 1. The van der Waals surface area contributed by atoms with Crippen LogP contribution in [0.5, 0.6) is 5.06 Å². The van der Waals surface area contributed by atoms with Gasteiger partial charge in [-0.3, -0.25) is 4.72 Å². The second-order valence-corrected chi connectivity index (χ2v) is 6.99. The fraction of sp³-hybridized carbons (Fsp3) is 0.0714. The Hall–Kier alpha value is -2.32. The summed E-state index contributed by atoms with van der Waals surface area (Å²) in [5, 5.41) is 8.66. The molecule has 1 aromatic carbocycles. The number of benzene rings is 1. The van der Waals surface area contributed by atoms with Gasteiger partial charge < -0.3 is 9.84 Å². The number of carboxylic acid groups (broad SMARTS) is 1. The highest BCUT2D eigenvalue weighted by Gasteiger charge is 2.21. The lowest BCUT2D eigenvalue weighted by atomic mass is 10.2. The summed E-state index contributed by atoms with van der Waals surface area (Å²) in [5.74, 6) is 0. The molecule has 6 nitrogen and oxygen atoms in total. The van der Waals surface area contributed by atoms with Crippen molar-refractivity contribution >= 4 is 39.3 Å². The van der Waals surface area contributed by atoms with Crippen LogP contribution < -0.4 is 9.46 Å².